The number of halogens is 1. The predicted molar refractivity (Wildman–Crippen MR) is 68.2 cm³/mol. The van der Waals surface area contributed by atoms with Crippen LogP contribution in [0.5, 0.6) is 5.75 Å². The standard InChI is InChI=1S/C13H15ClO4/c1-13(2,3)18-12(16)8-17-10-5-4-9(7-15)11(14)6-10/h4-7H,8H2,1-3H3. The van der Waals surface area contributed by atoms with E-state index in [1.165, 1.54) is 12.1 Å². The SMILES string of the molecule is CC(C)(C)OC(=O)COc1ccc(C=O)c(Cl)c1. The largest absolute Gasteiger partial charge is 0.482 e. The molecule has 0 amide bonds. The van der Waals surface area contributed by atoms with Gasteiger partial charge in [-0.3, -0.25) is 4.79 Å². The lowest BCUT2D eigenvalue weighted by atomic mass is 10.2. The predicted octanol–water partition coefficient (Wildman–Crippen LogP) is 2.87. The molecule has 0 saturated heterocycles. The third-order valence-electron chi connectivity index (χ3n) is 1.88. The lowest BCUT2D eigenvalue weighted by molar-refractivity contribution is -0.157. The molecule has 0 aromatic heterocycles. The normalized spacial score (nSPS) is 10.9. The number of carbonyl (C=O) groups is 2. The zero-order valence-corrected chi connectivity index (χ0v) is 11.3. The molecule has 1 aromatic carbocycles. The molecule has 0 aliphatic carbocycles. The highest BCUT2D eigenvalue weighted by molar-refractivity contribution is 6.33. The van der Waals surface area contributed by atoms with Gasteiger partial charge in [-0.1, -0.05) is 11.6 Å². The van der Waals surface area contributed by atoms with Crippen LogP contribution in [0.3, 0.4) is 0 Å². The Kier molecular flexibility index (Phi) is 4.73. The molecule has 0 saturated carbocycles. The third kappa shape index (κ3) is 4.75. The molecular formula is C13H15ClO4. The van der Waals surface area contributed by atoms with Crippen LogP contribution in [0, 0.1) is 0 Å². The van der Waals surface area contributed by atoms with Crippen LogP contribution >= 0.6 is 11.6 Å². The fraction of sp³-hybridized carbons (Fsp3) is 0.385. The fourth-order valence-corrected chi connectivity index (χ4v) is 1.42. The summed E-state index contributed by atoms with van der Waals surface area (Å²) in [4.78, 5) is 22.0. The van der Waals surface area contributed by atoms with E-state index in [4.69, 9.17) is 21.1 Å². The van der Waals surface area contributed by atoms with Crippen LogP contribution in [-0.4, -0.2) is 24.5 Å². The van der Waals surface area contributed by atoms with Crippen molar-refractivity contribution < 1.29 is 19.1 Å². The van der Waals surface area contributed by atoms with E-state index in [0.29, 0.717) is 17.6 Å². The van der Waals surface area contributed by atoms with Crippen LogP contribution in [0.25, 0.3) is 0 Å². The van der Waals surface area contributed by atoms with Crippen LogP contribution in [0.1, 0.15) is 31.1 Å². The first kappa shape index (κ1) is 14.5. The first-order chi connectivity index (χ1) is 8.31. The fourth-order valence-electron chi connectivity index (χ4n) is 1.21. The molecule has 0 radical (unpaired) electrons. The van der Waals surface area contributed by atoms with Crippen molar-refractivity contribution in [1.82, 2.24) is 0 Å². The molecule has 0 spiro atoms. The van der Waals surface area contributed by atoms with Gasteiger partial charge in [-0.25, -0.2) is 4.79 Å². The molecule has 0 heterocycles. The zero-order valence-electron chi connectivity index (χ0n) is 10.5. The molecule has 98 valence electrons. The molecule has 1 rings (SSSR count). The van der Waals surface area contributed by atoms with Crippen LogP contribution in [0.4, 0.5) is 0 Å². The molecule has 0 atom stereocenters. The van der Waals surface area contributed by atoms with Crippen molar-refractivity contribution in [3.8, 4) is 5.75 Å². The molecular weight excluding hydrogens is 256 g/mol. The lowest BCUT2D eigenvalue weighted by Crippen LogP contribution is -2.27. The van der Waals surface area contributed by atoms with Crippen molar-refractivity contribution in [3.63, 3.8) is 0 Å². The molecule has 5 heteroatoms. The Bertz CT molecular complexity index is 449. The summed E-state index contributed by atoms with van der Waals surface area (Å²) in [5.74, 6) is -0.0467. The van der Waals surface area contributed by atoms with Gasteiger partial charge in [0.05, 0.1) is 5.02 Å². The minimum atomic E-state index is -0.542. The number of esters is 1. The number of benzene rings is 1. The van der Waals surface area contributed by atoms with Crippen molar-refractivity contribution in [1.29, 1.82) is 0 Å². The van der Waals surface area contributed by atoms with E-state index >= 15 is 0 Å². The number of hydrogen-bond acceptors (Lipinski definition) is 4. The maximum absolute atomic E-state index is 11.4. The highest BCUT2D eigenvalue weighted by Crippen LogP contribution is 2.21. The van der Waals surface area contributed by atoms with E-state index < -0.39 is 11.6 Å². The number of ether oxygens (including phenoxy) is 2. The van der Waals surface area contributed by atoms with Crippen LogP contribution < -0.4 is 4.74 Å². The summed E-state index contributed by atoms with van der Waals surface area (Å²) in [6.07, 6.45) is 0.653. The second-order valence-corrected chi connectivity index (χ2v) is 5.08. The third-order valence-corrected chi connectivity index (χ3v) is 2.20. The van der Waals surface area contributed by atoms with Gasteiger partial charge in [-0.05, 0) is 39.0 Å². The summed E-state index contributed by atoms with van der Waals surface area (Å²) in [5.41, 5.74) is -0.166. The molecule has 1 aromatic rings. The Morgan fingerprint density at radius 2 is 2.06 bits per heavy atom. The quantitative estimate of drug-likeness (QED) is 0.624. The van der Waals surface area contributed by atoms with Gasteiger partial charge in [0, 0.05) is 5.56 Å². The first-order valence-electron chi connectivity index (χ1n) is 5.41. The van der Waals surface area contributed by atoms with Gasteiger partial charge in [0.15, 0.2) is 12.9 Å². The average molecular weight is 271 g/mol. The topological polar surface area (TPSA) is 52.6 Å². The van der Waals surface area contributed by atoms with Gasteiger partial charge in [0.25, 0.3) is 0 Å². The first-order valence-corrected chi connectivity index (χ1v) is 5.79. The second kappa shape index (κ2) is 5.87. The van der Waals surface area contributed by atoms with Gasteiger partial charge in [-0.15, -0.1) is 0 Å². The van der Waals surface area contributed by atoms with Crippen LogP contribution in [0.2, 0.25) is 5.02 Å². The smallest absolute Gasteiger partial charge is 0.344 e. The van der Waals surface area contributed by atoms with Crippen molar-refractivity contribution in [2.24, 2.45) is 0 Å². The Morgan fingerprint density at radius 1 is 1.39 bits per heavy atom. The van der Waals surface area contributed by atoms with Gasteiger partial charge >= 0.3 is 5.97 Å². The Balaban J connectivity index is 2.56. The summed E-state index contributed by atoms with van der Waals surface area (Å²) in [6, 6.07) is 4.58. The molecule has 0 bridgehead atoms. The molecule has 0 aliphatic rings. The molecule has 0 unspecified atom stereocenters. The van der Waals surface area contributed by atoms with Gasteiger partial charge in [0.1, 0.15) is 11.4 Å². The minimum absolute atomic E-state index is 0.200. The van der Waals surface area contributed by atoms with E-state index in [1.54, 1.807) is 26.8 Å². The average Bonchev–Trinajstić information content (AvgIpc) is 2.24. The Morgan fingerprint density at radius 3 is 2.56 bits per heavy atom. The maximum Gasteiger partial charge on any atom is 0.344 e. The Labute approximate surface area is 111 Å². The molecule has 0 aliphatic heterocycles. The molecule has 0 N–H and O–H groups in total. The van der Waals surface area contributed by atoms with E-state index in [2.05, 4.69) is 0 Å². The number of rotatable bonds is 4. The van der Waals surface area contributed by atoms with E-state index in [0.717, 1.165) is 0 Å². The number of carbonyl (C=O) groups excluding carboxylic acids is 2. The summed E-state index contributed by atoms with van der Waals surface area (Å²) < 4.78 is 10.3. The van der Waals surface area contributed by atoms with Crippen molar-refractivity contribution in [3.05, 3.63) is 28.8 Å². The summed E-state index contributed by atoms with van der Waals surface area (Å²) in [5, 5.41) is 0.284. The zero-order chi connectivity index (χ0) is 13.8. The second-order valence-electron chi connectivity index (χ2n) is 4.68. The van der Waals surface area contributed by atoms with Crippen molar-refractivity contribution >= 4 is 23.9 Å². The highest BCUT2D eigenvalue weighted by Gasteiger charge is 2.16. The van der Waals surface area contributed by atoms with E-state index in [9.17, 15) is 9.59 Å². The van der Waals surface area contributed by atoms with Crippen LogP contribution in [0.15, 0.2) is 18.2 Å². The minimum Gasteiger partial charge on any atom is -0.482 e. The van der Waals surface area contributed by atoms with Gasteiger partial charge in [0.2, 0.25) is 0 Å². The number of hydrogen-bond donors (Lipinski definition) is 0. The maximum atomic E-state index is 11.4. The summed E-state index contributed by atoms with van der Waals surface area (Å²) >= 11 is 5.82. The monoisotopic (exact) mass is 270 g/mol. The number of aldehydes is 1. The summed E-state index contributed by atoms with van der Waals surface area (Å²) in [7, 11) is 0. The van der Waals surface area contributed by atoms with Gasteiger partial charge in [-0.2, -0.15) is 0 Å². The van der Waals surface area contributed by atoms with E-state index in [-0.39, 0.29) is 11.6 Å². The van der Waals surface area contributed by atoms with Gasteiger partial charge < -0.3 is 9.47 Å². The van der Waals surface area contributed by atoms with Crippen molar-refractivity contribution in [2.45, 2.75) is 26.4 Å². The molecule has 0 fully saturated rings. The Hall–Kier alpha value is -1.55. The lowest BCUT2D eigenvalue weighted by Gasteiger charge is -2.19. The van der Waals surface area contributed by atoms with Crippen LogP contribution in [-0.2, 0) is 9.53 Å². The molecule has 4 nitrogen and oxygen atoms in total. The summed E-state index contributed by atoms with van der Waals surface area (Å²) in [6.45, 7) is 5.13. The highest BCUT2D eigenvalue weighted by atomic mass is 35.5. The van der Waals surface area contributed by atoms with Crippen molar-refractivity contribution in [2.75, 3.05) is 6.61 Å². The van der Waals surface area contributed by atoms with E-state index in [1.807, 2.05) is 0 Å². The molecule has 18 heavy (non-hydrogen) atoms.